The second-order valence-electron chi connectivity index (χ2n) is 4.55. The van der Waals surface area contributed by atoms with Gasteiger partial charge in [-0.15, -0.1) is 0 Å². The highest BCUT2D eigenvalue weighted by Crippen LogP contribution is 2.21. The molecule has 0 bridgehead atoms. The largest absolute Gasteiger partial charge is 0.299 e. The molecule has 0 amide bonds. The van der Waals surface area contributed by atoms with E-state index in [0.717, 1.165) is 16.7 Å². The number of carbonyl (C=O) groups is 1. The highest BCUT2D eigenvalue weighted by molar-refractivity contribution is 6.33. The summed E-state index contributed by atoms with van der Waals surface area (Å²) in [7, 11) is 0. The van der Waals surface area contributed by atoms with Crippen LogP contribution in [0.4, 0.5) is 0 Å². The Labute approximate surface area is 123 Å². The third kappa shape index (κ3) is 3.82. The van der Waals surface area contributed by atoms with Crippen LogP contribution >= 0.6 is 23.2 Å². The molecule has 0 saturated heterocycles. The lowest BCUT2D eigenvalue weighted by atomic mass is 9.99. The van der Waals surface area contributed by atoms with Crippen molar-refractivity contribution in [2.24, 2.45) is 0 Å². The lowest BCUT2D eigenvalue weighted by molar-refractivity contribution is -0.117. The second kappa shape index (κ2) is 6.23. The molecule has 19 heavy (non-hydrogen) atoms. The topological polar surface area (TPSA) is 17.1 Å². The molecule has 0 heterocycles. The van der Waals surface area contributed by atoms with Gasteiger partial charge in [-0.1, -0.05) is 47.5 Å². The maximum absolute atomic E-state index is 12.1. The minimum Gasteiger partial charge on any atom is -0.299 e. The van der Waals surface area contributed by atoms with E-state index in [-0.39, 0.29) is 5.78 Å². The van der Waals surface area contributed by atoms with Crippen LogP contribution in [0.15, 0.2) is 42.5 Å². The van der Waals surface area contributed by atoms with Crippen LogP contribution in [0.2, 0.25) is 10.0 Å². The van der Waals surface area contributed by atoms with Gasteiger partial charge in [-0.3, -0.25) is 4.79 Å². The zero-order chi connectivity index (χ0) is 13.8. The summed E-state index contributed by atoms with van der Waals surface area (Å²) in [5, 5.41) is 1.19. The van der Waals surface area contributed by atoms with Crippen LogP contribution in [-0.4, -0.2) is 5.78 Å². The summed E-state index contributed by atoms with van der Waals surface area (Å²) >= 11 is 12.0. The number of carbonyl (C=O) groups excluding carboxylic acids is 1. The summed E-state index contributed by atoms with van der Waals surface area (Å²) in [6.07, 6.45) is 0.739. The van der Waals surface area contributed by atoms with E-state index in [1.54, 1.807) is 18.2 Å². The normalized spacial score (nSPS) is 10.5. The van der Waals surface area contributed by atoms with Crippen LogP contribution < -0.4 is 0 Å². The van der Waals surface area contributed by atoms with Crippen LogP contribution in [0.25, 0.3) is 0 Å². The lowest BCUT2D eigenvalue weighted by Gasteiger charge is -2.06. The van der Waals surface area contributed by atoms with Gasteiger partial charge in [0.25, 0.3) is 0 Å². The Bertz CT molecular complexity index is 605. The first-order chi connectivity index (χ1) is 9.06. The molecular weight excluding hydrogens is 279 g/mol. The molecule has 1 nitrogen and oxygen atoms in total. The van der Waals surface area contributed by atoms with Crippen molar-refractivity contribution >= 4 is 29.0 Å². The highest BCUT2D eigenvalue weighted by Gasteiger charge is 2.10. The molecule has 0 aliphatic heterocycles. The van der Waals surface area contributed by atoms with E-state index in [2.05, 4.69) is 0 Å². The van der Waals surface area contributed by atoms with E-state index in [9.17, 15) is 4.79 Å². The van der Waals surface area contributed by atoms with Crippen molar-refractivity contribution in [2.75, 3.05) is 0 Å². The van der Waals surface area contributed by atoms with E-state index in [1.807, 2.05) is 31.2 Å². The van der Waals surface area contributed by atoms with Gasteiger partial charge in [-0.25, -0.2) is 0 Å². The first kappa shape index (κ1) is 14.1. The molecule has 0 spiro atoms. The van der Waals surface area contributed by atoms with Crippen molar-refractivity contribution < 1.29 is 4.79 Å². The van der Waals surface area contributed by atoms with Gasteiger partial charge in [0.15, 0.2) is 0 Å². The molecule has 3 heteroatoms. The zero-order valence-electron chi connectivity index (χ0n) is 10.6. The molecule has 0 aliphatic rings. The predicted molar refractivity (Wildman–Crippen MR) is 80.1 cm³/mol. The van der Waals surface area contributed by atoms with Gasteiger partial charge in [-0.2, -0.15) is 0 Å². The van der Waals surface area contributed by atoms with Crippen LogP contribution in [0, 0.1) is 6.92 Å². The van der Waals surface area contributed by atoms with Crippen LogP contribution in [-0.2, 0) is 17.6 Å². The number of hydrogen-bond donors (Lipinski definition) is 0. The van der Waals surface area contributed by atoms with E-state index in [1.165, 1.54) is 0 Å². The van der Waals surface area contributed by atoms with Gasteiger partial charge in [0.1, 0.15) is 5.78 Å². The van der Waals surface area contributed by atoms with E-state index in [0.29, 0.717) is 22.9 Å². The molecule has 0 aliphatic carbocycles. The summed E-state index contributed by atoms with van der Waals surface area (Å²) < 4.78 is 0. The quantitative estimate of drug-likeness (QED) is 0.801. The maximum atomic E-state index is 12.1. The fourth-order valence-corrected chi connectivity index (χ4v) is 2.35. The molecule has 0 aromatic heterocycles. The predicted octanol–water partition coefficient (Wildman–Crippen LogP) is 4.66. The Hall–Kier alpha value is -1.31. The maximum Gasteiger partial charge on any atom is 0.141 e. The Morgan fingerprint density at radius 2 is 1.68 bits per heavy atom. The van der Waals surface area contributed by atoms with Crippen molar-refractivity contribution in [1.29, 1.82) is 0 Å². The van der Waals surface area contributed by atoms with Crippen molar-refractivity contribution in [3.63, 3.8) is 0 Å². The third-order valence-electron chi connectivity index (χ3n) is 3.04. The number of aryl methyl sites for hydroxylation is 1. The molecule has 2 rings (SSSR count). The summed E-state index contributed by atoms with van der Waals surface area (Å²) in [5.41, 5.74) is 2.98. The van der Waals surface area contributed by atoms with Crippen molar-refractivity contribution in [2.45, 2.75) is 19.8 Å². The molecule has 0 atom stereocenters. The van der Waals surface area contributed by atoms with Crippen LogP contribution in [0.5, 0.6) is 0 Å². The minimum atomic E-state index is 0.137. The molecule has 98 valence electrons. The van der Waals surface area contributed by atoms with Gasteiger partial charge < -0.3 is 0 Å². The van der Waals surface area contributed by atoms with E-state index in [4.69, 9.17) is 23.2 Å². The number of hydrogen-bond acceptors (Lipinski definition) is 1. The molecule has 0 N–H and O–H groups in total. The average Bonchev–Trinajstić information content (AvgIpc) is 2.37. The Balaban J connectivity index is 2.10. The van der Waals surface area contributed by atoms with Crippen molar-refractivity contribution in [1.82, 2.24) is 0 Å². The van der Waals surface area contributed by atoms with E-state index < -0.39 is 0 Å². The van der Waals surface area contributed by atoms with Crippen LogP contribution in [0.3, 0.4) is 0 Å². The third-order valence-corrected chi connectivity index (χ3v) is 3.65. The summed E-state index contributed by atoms with van der Waals surface area (Å²) in [6.45, 7) is 2.01. The number of halogens is 2. The molecule has 0 saturated carbocycles. The van der Waals surface area contributed by atoms with Crippen molar-refractivity contribution in [3.8, 4) is 0 Å². The molecular formula is C16H14Cl2O. The monoisotopic (exact) mass is 292 g/mol. The number of ketones is 1. The number of Topliss-reactive ketones (excluding diaryl/α,β-unsaturated/α-hetero) is 1. The Kier molecular flexibility index (Phi) is 4.62. The van der Waals surface area contributed by atoms with Gasteiger partial charge in [0.2, 0.25) is 0 Å². The molecule has 0 radical (unpaired) electrons. The van der Waals surface area contributed by atoms with Gasteiger partial charge in [0.05, 0.1) is 0 Å². The highest BCUT2D eigenvalue weighted by atomic mass is 35.5. The SMILES string of the molecule is Cc1ccccc1CC(=O)Cc1cc(Cl)ccc1Cl. The number of rotatable bonds is 4. The van der Waals surface area contributed by atoms with Gasteiger partial charge in [-0.05, 0) is 41.8 Å². The van der Waals surface area contributed by atoms with Gasteiger partial charge in [0, 0.05) is 22.9 Å². The first-order valence-corrected chi connectivity index (χ1v) is 6.82. The van der Waals surface area contributed by atoms with E-state index >= 15 is 0 Å². The smallest absolute Gasteiger partial charge is 0.141 e. The standard InChI is InChI=1S/C16H14Cl2O/c1-11-4-2-3-5-12(11)9-15(19)10-13-8-14(17)6-7-16(13)18/h2-8H,9-10H2,1H3. The fraction of sp³-hybridized carbons (Fsp3) is 0.188. The summed E-state index contributed by atoms with van der Waals surface area (Å²) in [4.78, 5) is 12.1. The molecule has 0 unspecified atom stereocenters. The lowest BCUT2D eigenvalue weighted by Crippen LogP contribution is -2.08. The van der Waals surface area contributed by atoms with Gasteiger partial charge >= 0.3 is 0 Å². The Morgan fingerprint density at radius 3 is 2.42 bits per heavy atom. The molecule has 0 fully saturated rings. The first-order valence-electron chi connectivity index (χ1n) is 6.06. The Morgan fingerprint density at radius 1 is 1.00 bits per heavy atom. The fourth-order valence-electron chi connectivity index (χ4n) is 1.97. The van der Waals surface area contributed by atoms with Crippen molar-refractivity contribution in [3.05, 3.63) is 69.2 Å². The molecule has 2 aromatic carbocycles. The number of benzene rings is 2. The summed E-state index contributed by atoms with van der Waals surface area (Å²) in [5.74, 6) is 0.137. The zero-order valence-corrected chi connectivity index (χ0v) is 12.1. The molecule has 2 aromatic rings. The second-order valence-corrected chi connectivity index (χ2v) is 5.40. The average molecular weight is 293 g/mol. The van der Waals surface area contributed by atoms with Crippen LogP contribution in [0.1, 0.15) is 16.7 Å². The summed E-state index contributed by atoms with van der Waals surface area (Å²) in [6, 6.07) is 13.1. The minimum absolute atomic E-state index is 0.137.